The van der Waals surface area contributed by atoms with E-state index in [0.717, 1.165) is 27.8 Å². The Morgan fingerprint density at radius 3 is 1.74 bits per heavy atom. The number of likely N-dealkylation sites (tertiary alicyclic amines) is 1. The molecule has 0 aromatic heterocycles. The number of hydrogen-bond acceptors (Lipinski definition) is 1. The Bertz CT molecular complexity index is 672. The lowest BCUT2D eigenvalue weighted by molar-refractivity contribution is -0.914. The molecule has 3 rings (SSSR count). The van der Waals surface area contributed by atoms with Crippen LogP contribution in [0.4, 0.5) is 8.78 Å². The number of rotatable bonds is 6. The van der Waals surface area contributed by atoms with E-state index in [1.165, 1.54) is 56.6 Å². The van der Waals surface area contributed by atoms with Crippen molar-refractivity contribution in [2.75, 3.05) is 26.7 Å². The quantitative estimate of drug-likeness (QED) is 0.336. The van der Waals surface area contributed by atoms with Gasteiger partial charge in [-0.2, -0.15) is 0 Å². The molecule has 2 nitrogen and oxygen atoms in total. The smallest absolute Gasteiger partial charge is 0.252 e. The van der Waals surface area contributed by atoms with E-state index in [-0.39, 0.29) is 35.6 Å². The van der Waals surface area contributed by atoms with Crippen molar-refractivity contribution in [3.05, 3.63) is 60.2 Å². The average molecular weight is 503 g/mol. The molecule has 6 heteroatoms. The first kappa shape index (κ1) is 22.5. The summed E-state index contributed by atoms with van der Waals surface area (Å²) in [5, 5.41) is 1.57. The molecule has 1 aliphatic heterocycles. The molecule has 2 aromatic carbocycles. The minimum absolute atomic E-state index is 0. The third kappa shape index (κ3) is 5.59. The zero-order chi connectivity index (χ0) is 18.6. The van der Waals surface area contributed by atoms with Gasteiger partial charge in [0.1, 0.15) is 11.6 Å². The first-order chi connectivity index (χ1) is 12.4. The fourth-order valence-corrected chi connectivity index (χ4v) is 7.14. The van der Waals surface area contributed by atoms with Gasteiger partial charge < -0.3 is 33.3 Å². The summed E-state index contributed by atoms with van der Waals surface area (Å²) in [6.07, 6.45) is 4.77. The van der Waals surface area contributed by atoms with E-state index in [2.05, 4.69) is 7.05 Å². The van der Waals surface area contributed by atoms with Crippen LogP contribution in [-0.2, 0) is 0 Å². The van der Waals surface area contributed by atoms with Gasteiger partial charge in [0.25, 0.3) is 8.32 Å². The van der Waals surface area contributed by atoms with Crippen LogP contribution in [0.5, 0.6) is 0 Å². The monoisotopic (exact) mass is 503 g/mol. The maximum atomic E-state index is 13.4. The fourth-order valence-electron chi connectivity index (χ4n) is 4.12. The van der Waals surface area contributed by atoms with Crippen LogP contribution in [-0.4, -0.2) is 44.3 Å². The van der Waals surface area contributed by atoms with Crippen molar-refractivity contribution < 1.29 is 42.0 Å². The molecule has 0 spiro atoms. The Morgan fingerprint density at radius 2 is 1.30 bits per heavy atom. The van der Waals surface area contributed by atoms with Crippen LogP contribution in [0.25, 0.3) is 0 Å². The van der Waals surface area contributed by atoms with Crippen molar-refractivity contribution in [1.82, 2.24) is 0 Å². The zero-order valence-electron chi connectivity index (χ0n) is 15.8. The van der Waals surface area contributed by atoms with Crippen LogP contribution in [0.3, 0.4) is 0 Å². The predicted octanol–water partition coefficient (Wildman–Crippen LogP) is 0.0414. The lowest BCUT2D eigenvalue weighted by Gasteiger charge is -2.38. The third-order valence-corrected chi connectivity index (χ3v) is 9.43. The summed E-state index contributed by atoms with van der Waals surface area (Å²) in [6, 6.07) is 13.0. The van der Waals surface area contributed by atoms with Crippen LogP contribution in [0, 0.1) is 11.6 Å². The van der Waals surface area contributed by atoms with E-state index in [1.807, 2.05) is 0 Å². The van der Waals surface area contributed by atoms with Crippen molar-refractivity contribution >= 4 is 18.7 Å². The average Bonchev–Trinajstić information content (AvgIpc) is 2.63. The highest BCUT2D eigenvalue weighted by Gasteiger charge is 2.36. The Kier molecular flexibility index (Phi) is 7.97. The SMILES string of the molecule is C[N+]1(CCC[Si](O)(c2ccc(F)cc2)c2ccc(F)cc2)CCCCC1.[I-]. The topological polar surface area (TPSA) is 20.2 Å². The standard InChI is InChI=1S/C21H28F2NOSi.HI/c1-24(14-3-2-4-15-24)16-5-17-26(25,20-10-6-18(22)7-11-20)21-12-8-19(23)9-13-21;/h6-13,25H,2-5,14-17H2,1H3;1H/q+1;/p-1. The third-order valence-electron chi connectivity index (χ3n) is 5.78. The van der Waals surface area contributed by atoms with E-state index in [4.69, 9.17) is 0 Å². The summed E-state index contributed by atoms with van der Waals surface area (Å²) >= 11 is 0. The fraction of sp³-hybridized carbons (Fsp3) is 0.429. The van der Waals surface area contributed by atoms with E-state index in [1.54, 1.807) is 24.3 Å². The molecule has 1 N–H and O–H groups in total. The first-order valence-corrected chi connectivity index (χ1v) is 11.6. The largest absolute Gasteiger partial charge is 1.00 e. The summed E-state index contributed by atoms with van der Waals surface area (Å²) in [5.41, 5.74) is 0. The van der Waals surface area contributed by atoms with Gasteiger partial charge in [-0.15, -0.1) is 0 Å². The van der Waals surface area contributed by atoms with E-state index < -0.39 is 8.32 Å². The maximum absolute atomic E-state index is 13.4. The molecule has 0 atom stereocenters. The molecule has 1 fully saturated rings. The molecular formula is C21H28F2INOSi. The van der Waals surface area contributed by atoms with Crippen molar-refractivity contribution in [3.63, 3.8) is 0 Å². The number of halogens is 3. The molecule has 27 heavy (non-hydrogen) atoms. The number of nitrogens with zero attached hydrogens (tertiary/aromatic N) is 1. The van der Waals surface area contributed by atoms with Crippen LogP contribution >= 0.6 is 0 Å². The Balaban J connectivity index is 0.00000261. The first-order valence-electron chi connectivity index (χ1n) is 9.49. The van der Waals surface area contributed by atoms with Gasteiger partial charge >= 0.3 is 0 Å². The minimum Gasteiger partial charge on any atom is -1.00 e. The van der Waals surface area contributed by atoms with Crippen LogP contribution in [0.15, 0.2) is 48.5 Å². The molecule has 2 aromatic rings. The molecule has 0 aliphatic carbocycles. The van der Waals surface area contributed by atoms with E-state index in [9.17, 15) is 13.6 Å². The predicted molar refractivity (Wildman–Crippen MR) is 104 cm³/mol. The highest BCUT2D eigenvalue weighted by Crippen LogP contribution is 2.19. The van der Waals surface area contributed by atoms with E-state index in [0.29, 0.717) is 6.04 Å². The molecule has 1 heterocycles. The Labute approximate surface area is 179 Å². The summed E-state index contributed by atoms with van der Waals surface area (Å²) in [7, 11) is -0.707. The molecule has 0 radical (unpaired) electrons. The molecule has 1 saturated heterocycles. The molecule has 0 saturated carbocycles. The van der Waals surface area contributed by atoms with Gasteiger partial charge in [-0.1, -0.05) is 24.3 Å². The van der Waals surface area contributed by atoms with Crippen molar-refractivity contribution in [2.45, 2.75) is 31.7 Å². The van der Waals surface area contributed by atoms with Crippen LogP contribution < -0.4 is 34.4 Å². The lowest BCUT2D eigenvalue weighted by Crippen LogP contribution is -3.00. The number of benzene rings is 2. The summed E-state index contributed by atoms with van der Waals surface area (Å²) in [6.45, 7) is 3.44. The van der Waals surface area contributed by atoms with Gasteiger partial charge in [0.2, 0.25) is 0 Å². The van der Waals surface area contributed by atoms with Crippen LogP contribution in [0.1, 0.15) is 25.7 Å². The zero-order valence-corrected chi connectivity index (χ0v) is 19.0. The Hall–Kier alpha value is -0.833. The highest BCUT2D eigenvalue weighted by atomic mass is 127. The number of piperidine rings is 1. The molecule has 0 unspecified atom stereocenters. The second-order valence-corrected chi connectivity index (χ2v) is 11.2. The minimum atomic E-state index is -3.01. The van der Waals surface area contributed by atoms with Gasteiger partial charge in [0, 0.05) is 0 Å². The van der Waals surface area contributed by atoms with Gasteiger partial charge in [-0.3, -0.25) is 0 Å². The lowest BCUT2D eigenvalue weighted by atomic mass is 10.1. The van der Waals surface area contributed by atoms with Gasteiger partial charge in [0.15, 0.2) is 0 Å². The van der Waals surface area contributed by atoms with E-state index >= 15 is 0 Å². The van der Waals surface area contributed by atoms with Crippen molar-refractivity contribution in [3.8, 4) is 0 Å². The summed E-state index contributed by atoms with van der Waals surface area (Å²) in [4.78, 5) is 11.6. The number of hydrogen-bond donors (Lipinski definition) is 1. The Morgan fingerprint density at radius 1 is 0.852 bits per heavy atom. The number of quaternary nitrogens is 1. The van der Waals surface area contributed by atoms with Gasteiger partial charge in [-0.05, 0) is 66.4 Å². The van der Waals surface area contributed by atoms with Crippen molar-refractivity contribution in [1.29, 1.82) is 0 Å². The summed E-state index contributed by atoms with van der Waals surface area (Å²) < 4.78 is 27.8. The second-order valence-electron chi connectivity index (χ2n) is 7.83. The second kappa shape index (κ2) is 9.58. The molecule has 0 amide bonds. The maximum Gasteiger partial charge on any atom is 0.252 e. The van der Waals surface area contributed by atoms with Gasteiger partial charge in [0.05, 0.1) is 26.7 Å². The normalized spacial score (nSPS) is 16.6. The summed E-state index contributed by atoms with van der Waals surface area (Å²) in [5.74, 6) is -0.619. The molecule has 1 aliphatic rings. The molecule has 148 valence electrons. The van der Waals surface area contributed by atoms with Crippen LogP contribution in [0.2, 0.25) is 6.04 Å². The van der Waals surface area contributed by atoms with Gasteiger partial charge in [-0.25, -0.2) is 8.78 Å². The van der Waals surface area contributed by atoms with Crippen molar-refractivity contribution in [2.24, 2.45) is 0 Å². The highest BCUT2D eigenvalue weighted by molar-refractivity contribution is 6.96. The molecule has 0 bridgehead atoms. The molecular weight excluding hydrogens is 475 g/mol.